The minimum absolute atomic E-state index is 0.0342. The van der Waals surface area contributed by atoms with Crippen LogP contribution in [0.25, 0.3) is 0 Å². The third kappa shape index (κ3) is 9.33. The number of carbonyl (C=O) groups excluding carboxylic acids is 3. The number of hydrogen-bond acceptors (Lipinski definition) is 6. The number of ether oxygens (including phenoxy) is 1. The van der Waals surface area contributed by atoms with Crippen LogP contribution in [0.5, 0.6) is 5.75 Å². The molecule has 202 valence electrons. The topological polar surface area (TPSA) is 128 Å². The highest BCUT2D eigenvalue weighted by Crippen LogP contribution is 2.27. The van der Waals surface area contributed by atoms with E-state index in [1.807, 2.05) is 6.92 Å². The summed E-state index contributed by atoms with van der Waals surface area (Å²) in [5.74, 6) is -0.836. The monoisotopic (exact) mass is 505 g/mol. The lowest BCUT2D eigenvalue weighted by Gasteiger charge is -2.35. The Morgan fingerprint density at radius 3 is 2.28 bits per heavy atom. The molecule has 0 bridgehead atoms. The molecule has 2 atom stereocenters. The number of benzene rings is 1. The number of unbranched alkanes of at least 4 members (excludes halogenated alkanes) is 2. The molecule has 1 aliphatic carbocycles. The number of phenolic OH excluding ortho intramolecular Hbond substituents is 1. The molecule has 0 saturated heterocycles. The van der Waals surface area contributed by atoms with Crippen LogP contribution in [0.2, 0.25) is 0 Å². The third-order valence-electron chi connectivity index (χ3n) is 6.18. The summed E-state index contributed by atoms with van der Waals surface area (Å²) in [7, 11) is 0. The maximum absolute atomic E-state index is 13.7. The minimum atomic E-state index is -1.27. The van der Waals surface area contributed by atoms with Crippen molar-refractivity contribution in [3.05, 3.63) is 29.8 Å². The number of carbonyl (C=O) groups is 3. The highest BCUT2D eigenvalue weighted by Gasteiger charge is 2.36. The van der Waals surface area contributed by atoms with Crippen LogP contribution in [0.15, 0.2) is 24.3 Å². The maximum Gasteiger partial charge on any atom is 0.408 e. The Balaban J connectivity index is 2.37. The summed E-state index contributed by atoms with van der Waals surface area (Å²) >= 11 is 0. The van der Waals surface area contributed by atoms with Crippen LogP contribution in [0.4, 0.5) is 4.79 Å². The standard InChI is InChI=1S/C27H43N3O6/c1-5-6-10-17-30(25(34)22(18-31)29-26(35)36-27(2,3)4)23(19-13-15-21(32)16-14-19)24(33)28-20-11-8-7-9-12-20/h13-16,20,22-23,31-32H,5-12,17-18H2,1-4H3,(H,28,33)(H,29,35). The summed E-state index contributed by atoms with van der Waals surface area (Å²) in [6.07, 6.45) is 6.59. The molecular weight excluding hydrogens is 462 g/mol. The number of amides is 3. The summed E-state index contributed by atoms with van der Waals surface area (Å²) in [4.78, 5) is 41.2. The van der Waals surface area contributed by atoms with Gasteiger partial charge in [0.15, 0.2) is 0 Å². The second kappa shape index (κ2) is 14.1. The van der Waals surface area contributed by atoms with Gasteiger partial charge in [0.1, 0.15) is 23.4 Å². The maximum atomic E-state index is 13.7. The van der Waals surface area contributed by atoms with Gasteiger partial charge in [0.2, 0.25) is 11.8 Å². The van der Waals surface area contributed by atoms with Crippen LogP contribution < -0.4 is 10.6 Å². The zero-order valence-electron chi connectivity index (χ0n) is 22.1. The van der Waals surface area contributed by atoms with Crippen LogP contribution in [0, 0.1) is 0 Å². The van der Waals surface area contributed by atoms with Gasteiger partial charge in [0.05, 0.1) is 6.61 Å². The number of aliphatic hydroxyl groups is 1. The molecular formula is C27H43N3O6. The number of phenols is 1. The molecule has 36 heavy (non-hydrogen) atoms. The van der Waals surface area contributed by atoms with E-state index in [0.717, 1.165) is 44.9 Å². The van der Waals surface area contributed by atoms with Gasteiger partial charge in [-0.2, -0.15) is 0 Å². The van der Waals surface area contributed by atoms with Crippen molar-refractivity contribution in [1.29, 1.82) is 0 Å². The normalized spacial score (nSPS) is 16.0. The molecule has 9 nitrogen and oxygen atoms in total. The molecule has 0 aromatic heterocycles. The average Bonchev–Trinajstić information content (AvgIpc) is 2.82. The molecule has 9 heteroatoms. The molecule has 0 heterocycles. The molecule has 1 aromatic rings. The van der Waals surface area contributed by atoms with Crippen molar-refractivity contribution >= 4 is 17.9 Å². The zero-order chi connectivity index (χ0) is 26.7. The lowest BCUT2D eigenvalue weighted by Crippen LogP contribution is -2.55. The summed E-state index contributed by atoms with van der Waals surface area (Å²) in [5.41, 5.74) is -0.234. The Morgan fingerprint density at radius 1 is 1.08 bits per heavy atom. The number of nitrogens with zero attached hydrogens (tertiary/aromatic N) is 1. The molecule has 0 aliphatic heterocycles. The van der Waals surface area contributed by atoms with Crippen molar-refractivity contribution in [3.8, 4) is 5.75 Å². The smallest absolute Gasteiger partial charge is 0.408 e. The van der Waals surface area contributed by atoms with Crippen LogP contribution in [-0.2, 0) is 14.3 Å². The molecule has 1 aliphatic rings. The van der Waals surface area contributed by atoms with Crippen molar-refractivity contribution in [2.45, 2.75) is 103 Å². The second-order valence-electron chi connectivity index (χ2n) is 10.5. The number of aromatic hydroxyl groups is 1. The molecule has 1 aromatic carbocycles. The van der Waals surface area contributed by atoms with Gasteiger partial charge < -0.3 is 30.5 Å². The van der Waals surface area contributed by atoms with Gasteiger partial charge in [-0.05, 0) is 57.7 Å². The van der Waals surface area contributed by atoms with E-state index < -0.39 is 36.3 Å². The van der Waals surface area contributed by atoms with E-state index in [1.54, 1.807) is 32.9 Å². The SMILES string of the molecule is CCCCCN(C(=O)C(CO)NC(=O)OC(C)(C)C)C(C(=O)NC1CCCCC1)c1ccc(O)cc1. The van der Waals surface area contributed by atoms with Gasteiger partial charge in [-0.25, -0.2) is 4.79 Å². The van der Waals surface area contributed by atoms with Gasteiger partial charge in [-0.1, -0.05) is 51.2 Å². The van der Waals surface area contributed by atoms with Crippen molar-refractivity contribution in [3.63, 3.8) is 0 Å². The van der Waals surface area contributed by atoms with Gasteiger partial charge in [0, 0.05) is 12.6 Å². The van der Waals surface area contributed by atoms with Crippen molar-refractivity contribution in [2.24, 2.45) is 0 Å². The summed E-state index contributed by atoms with van der Waals surface area (Å²) in [5, 5.41) is 25.4. The Bertz CT molecular complexity index is 846. The molecule has 1 saturated carbocycles. The van der Waals surface area contributed by atoms with E-state index in [2.05, 4.69) is 10.6 Å². The molecule has 0 spiro atoms. The minimum Gasteiger partial charge on any atom is -0.508 e. The molecule has 2 unspecified atom stereocenters. The summed E-state index contributed by atoms with van der Waals surface area (Å²) in [6.45, 7) is 6.78. The summed E-state index contributed by atoms with van der Waals surface area (Å²) < 4.78 is 5.27. The van der Waals surface area contributed by atoms with Crippen molar-refractivity contribution in [2.75, 3.05) is 13.2 Å². The first-order chi connectivity index (χ1) is 17.1. The largest absolute Gasteiger partial charge is 0.508 e. The molecule has 0 radical (unpaired) electrons. The summed E-state index contributed by atoms with van der Waals surface area (Å²) in [6, 6.07) is 3.98. The highest BCUT2D eigenvalue weighted by atomic mass is 16.6. The van der Waals surface area contributed by atoms with Crippen molar-refractivity contribution in [1.82, 2.24) is 15.5 Å². The highest BCUT2D eigenvalue weighted by molar-refractivity contribution is 5.92. The van der Waals surface area contributed by atoms with Crippen LogP contribution in [0.1, 0.15) is 90.7 Å². The van der Waals surface area contributed by atoms with Gasteiger partial charge in [0.25, 0.3) is 0 Å². The molecule has 3 amide bonds. The van der Waals surface area contributed by atoms with E-state index in [-0.39, 0.29) is 24.2 Å². The fraction of sp³-hybridized carbons (Fsp3) is 0.667. The van der Waals surface area contributed by atoms with E-state index in [0.29, 0.717) is 12.0 Å². The Morgan fingerprint density at radius 2 is 1.72 bits per heavy atom. The van der Waals surface area contributed by atoms with Gasteiger partial charge in [-0.3, -0.25) is 9.59 Å². The predicted molar refractivity (Wildman–Crippen MR) is 137 cm³/mol. The van der Waals surface area contributed by atoms with Crippen LogP contribution in [0.3, 0.4) is 0 Å². The van der Waals surface area contributed by atoms with E-state index >= 15 is 0 Å². The lowest BCUT2D eigenvalue weighted by atomic mass is 9.94. The van der Waals surface area contributed by atoms with E-state index in [9.17, 15) is 24.6 Å². The first kappa shape index (κ1) is 29.4. The Kier molecular flexibility index (Phi) is 11.5. The average molecular weight is 506 g/mol. The fourth-order valence-corrected chi connectivity index (χ4v) is 4.39. The fourth-order valence-electron chi connectivity index (χ4n) is 4.39. The molecule has 4 N–H and O–H groups in total. The predicted octanol–water partition coefficient (Wildman–Crippen LogP) is 3.79. The number of hydrogen-bond donors (Lipinski definition) is 4. The zero-order valence-corrected chi connectivity index (χ0v) is 22.1. The number of aliphatic hydroxyl groups excluding tert-OH is 1. The number of rotatable bonds is 11. The Hall–Kier alpha value is -2.81. The number of alkyl carbamates (subject to hydrolysis) is 1. The number of nitrogens with one attached hydrogen (secondary N) is 2. The van der Waals surface area contributed by atoms with Gasteiger partial charge in [-0.15, -0.1) is 0 Å². The molecule has 2 rings (SSSR count). The Labute approximate surface area is 214 Å². The van der Waals surface area contributed by atoms with E-state index in [1.165, 1.54) is 17.0 Å². The molecule has 1 fully saturated rings. The quantitative estimate of drug-likeness (QED) is 0.339. The van der Waals surface area contributed by atoms with Crippen molar-refractivity contribution < 1.29 is 29.3 Å². The third-order valence-corrected chi connectivity index (χ3v) is 6.18. The lowest BCUT2D eigenvalue weighted by molar-refractivity contribution is -0.143. The first-order valence-electron chi connectivity index (χ1n) is 13.1. The van der Waals surface area contributed by atoms with E-state index in [4.69, 9.17) is 4.74 Å². The second-order valence-corrected chi connectivity index (χ2v) is 10.5. The van der Waals surface area contributed by atoms with Crippen LogP contribution in [-0.4, -0.2) is 63.9 Å². The van der Waals surface area contributed by atoms with Crippen LogP contribution >= 0.6 is 0 Å². The van der Waals surface area contributed by atoms with Gasteiger partial charge >= 0.3 is 6.09 Å². The first-order valence-corrected chi connectivity index (χ1v) is 13.1.